The summed E-state index contributed by atoms with van der Waals surface area (Å²) < 4.78 is 75.2. The molecule has 0 amide bonds. The summed E-state index contributed by atoms with van der Waals surface area (Å²) in [4.78, 5) is 16.9. The predicted octanol–water partition coefficient (Wildman–Crippen LogP) is 5.80. The molecule has 12 heteroatoms. The number of rotatable bonds is 8. The molecule has 0 unspecified atom stereocenters. The zero-order chi connectivity index (χ0) is 26.3. The number of nitrogens with zero attached hydrogens (tertiary/aromatic N) is 4. The van der Waals surface area contributed by atoms with Gasteiger partial charge in [-0.05, 0) is 49.3 Å². The molecule has 0 fully saturated rings. The first-order chi connectivity index (χ1) is 16.3. The normalized spacial score (nSPS) is 14.3. The van der Waals surface area contributed by atoms with Crippen LogP contribution in [0.5, 0.6) is 0 Å². The third-order valence-corrected chi connectivity index (χ3v) is 5.23. The number of aliphatic imine (C=N–C) groups is 2. The second-order valence-corrected chi connectivity index (χ2v) is 7.35. The van der Waals surface area contributed by atoms with Crippen LogP contribution in [0.15, 0.2) is 69.9 Å². The number of halogens is 6. The van der Waals surface area contributed by atoms with Crippen LogP contribution in [0.1, 0.15) is 38.1 Å². The van der Waals surface area contributed by atoms with Gasteiger partial charge in [-0.1, -0.05) is 26.0 Å². The zero-order valence-corrected chi connectivity index (χ0v) is 18.9. The maximum atomic E-state index is 12.5. The van der Waals surface area contributed by atoms with E-state index < -0.39 is 29.2 Å². The molecule has 0 radical (unpaired) electrons. The average molecular weight is 498 g/mol. The van der Waals surface area contributed by atoms with Crippen molar-refractivity contribution in [1.29, 1.82) is 0 Å². The number of pyridine rings is 2. The van der Waals surface area contributed by atoms with Crippen LogP contribution in [-0.2, 0) is 5.41 Å². The molecule has 35 heavy (non-hydrogen) atoms. The van der Waals surface area contributed by atoms with E-state index in [9.17, 15) is 26.3 Å². The van der Waals surface area contributed by atoms with Crippen molar-refractivity contribution in [3.8, 4) is 0 Å². The van der Waals surface area contributed by atoms with E-state index in [-0.39, 0.29) is 11.6 Å². The van der Waals surface area contributed by atoms with Crippen LogP contribution in [0.25, 0.3) is 0 Å². The molecule has 0 saturated heterocycles. The van der Waals surface area contributed by atoms with Gasteiger partial charge >= 0.3 is 12.4 Å². The van der Waals surface area contributed by atoms with Gasteiger partial charge in [0.2, 0.25) is 0 Å². The van der Waals surface area contributed by atoms with E-state index in [1.807, 2.05) is 13.8 Å². The Labute approximate surface area is 198 Å². The molecular formula is C23H24F6N6. The number of hydrogen-bond donors (Lipinski definition) is 2. The minimum absolute atomic E-state index is 0.168. The molecule has 188 valence electrons. The lowest BCUT2D eigenvalue weighted by Crippen LogP contribution is -2.28. The van der Waals surface area contributed by atoms with Crippen molar-refractivity contribution in [3.63, 3.8) is 0 Å². The van der Waals surface area contributed by atoms with E-state index in [2.05, 4.69) is 20.0 Å². The van der Waals surface area contributed by atoms with Gasteiger partial charge in [0.15, 0.2) is 11.6 Å². The molecular weight excluding hydrogens is 474 g/mol. The molecule has 0 atom stereocenters. The second-order valence-electron chi connectivity index (χ2n) is 7.35. The molecule has 2 heterocycles. The van der Waals surface area contributed by atoms with E-state index in [1.165, 1.54) is 12.1 Å². The molecule has 2 aromatic heterocycles. The van der Waals surface area contributed by atoms with Crippen LogP contribution in [0.3, 0.4) is 0 Å². The topological polar surface area (TPSA) is 103 Å². The summed E-state index contributed by atoms with van der Waals surface area (Å²) >= 11 is 0. The van der Waals surface area contributed by atoms with E-state index in [0.717, 1.165) is 12.4 Å². The number of nitrogens with two attached hydrogens (primary N) is 2. The Hall–Kier alpha value is -3.70. The highest BCUT2D eigenvalue weighted by Crippen LogP contribution is 2.38. The quantitative estimate of drug-likeness (QED) is 0.355. The Bertz CT molecular complexity index is 1040. The Kier molecular flexibility index (Phi) is 8.77. The van der Waals surface area contributed by atoms with Crippen molar-refractivity contribution in [1.82, 2.24) is 9.97 Å². The number of aromatic nitrogens is 2. The molecule has 0 bridgehead atoms. The highest BCUT2D eigenvalue weighted by Gasteiger charge is 2.34. The van der Waals surface area contributed by atoms with Crippen molar-refractivity contribution in [2.75, 3.05) is 0 Å². The van der Waals surface area contributed by atoms with Gasteiger partial charge in [0.05, 0.1) is 16.8 Å². The molecule has 0 saturated carbocycles. The van der Waals surface area contributed by atoms with Crippen molar-refractivity contribution < 1.29 is 26.3 Å². The SMILES string of the molecule is CCC(CC)(c1cccc(N=CC=C(N)C(F)(F)F)n1)c1cccc(N=CC=C(N)C(F)(F)F)n1. The van der Waals surface area contributed by atoms with Crippen LogP contribution in [0, 0.1) is 0 Å². The van der Waals surface area contributed by atoms with Crippen LogP contribution in [0.2, 0.25) is 0 Å². The summed E-state index contributed by atoms with van der Waals surface area (Å²) in [6.07, 6.45) is -5.10. The van der Waals surface area contributed by atoms with Gasteiger partial charge in [-0.3, -0.25) is 0 Å². The minimum Gasteiger partial charge on any atom is -0.395 e. The van der Waals surface area contributed by atoms with Crippen LogP contribution < -0.4 is 11.5 Å². The van der Waals surface area contributed by atoms with E-state index in [1.54, 1.807) is 24.3 Å². The molecule has 0 aliphatic heterocycles. The lowest BCUT2D eigenvalue weighted by atomic mass is 9.75. The van der Waals surface area contributed by atoms with Crippen molar-refractivity contribution in [2.45, 2.75) is 44.5 Å². The number of hydrogen-bond acceptors (Lipinski definition) is 6. The Morgan fingerprint density at radius 3 is 1.43 bits per heavy atom. The Morgan fingerprint density at radius 1 is 0.743 bits per heavy atom. The monoisotopic (exact) mass is 498 g/mol. The zero-order valence-electron chi connectivity index (χ0n) is 18.9. The van der Waals surface area contributed by atoms with Crippen LogP contribution in [-0.4, -0.2) is 34.7 Å². The van der Waals surface area contributed by atoms with Crippen LogP contribution >= 0.6 is 0 Å². The second kappa shape index (κ2) is 11.2. The first-order valence-corrected chi connectivity index (χ1v) is 10.4. The third kappa shape index (κ3) is 7.14. The summed E-state index contributed by atoms with van der Waals surface area (Å²) in [5.74, 6) is 0.337. The van der Waals surface area contributed by atoms with Crippen LogP contribution in [0.4, 0.5) is 38.0 Å². The maximum absolute atomic E-state index is 12.5. The van der Waals surface area contributed by atoms with Gasteiger partial charge in [0.25, 0.3) is 0 Å². The lowest BCUT2D eigenvalue weighted by Gasteiger charge is -2.31. The highest BCUT2D eigenvalue weighted by atomic mass is 19.4. The fourth-order valence-corrected chi connectivity index (χ4v) is 3.21. The molecule has 0 aromatic carbocycles. The van der Waals surface area contributed by atoms with Crippen molar-refractivity contribution in [3.05, 3.63) is 71.3 Å². The smallest absolute Gasteiger partial charge is 0.395 e. The maximum Gasteiger partial charge on any atom is 0.430 e. The van der Waals surface area contributed by atoms with Crippen molar-refractivity contribution >= 4 is 24.1 Å². The molecule has 2 rings (SSSR count). The standard InChI is InChI=1S/C23H24F6N6/c1-3-21(4-2,17-7-5-9-19(34-17)32-13-11-15(30)22(24,25)26)18-8-6-10-20(35-18)33-14-12-16(31)23(27,28)29/h5-14H,3-4,30-31H2,1-2H3. The Balaban J connectivity index is 2.42. The van der Waals surface area contributed by atoms with E-state index >= 15 is 0 Å². The third-order valence-electron chi connectivity index (χ3n) is 5.23. The molecule has 0 aliphatic rings. The van der Waals surface area contributed by atoms with E-state index in [4.69, 9.17) is 11.5 Å². The van der Waals surface area contributed by atoms with Gasteiger partial charge in [-0.2, -0.15) is 26.3 Å². The fourth-order valence-electron chi connectivity index (χ4n) is 3.21. The first kappa shape index (κ1) is 27.5. The van der Waals surface area contributed by atoms with Gasteiger partial charge in [0, 0.05) is 12.4 Å². The summed E-state index contributed by atoms with van der Waals surface area (Å²) in [7, 11) is 0. The first-order valence-electron chi connectivity index (χ1n) is 10.4. The van der Waals surface area contributed by atoms with E-state index in [0.29, 0.717) is 36.4 Å². The fraction of sp³-hybridized carbons (Fsp3) is 0.304. The molecule has 2 aromatic rings. The van der Waals surface area contributed by atoms with Gasteiger partial charge in [0.1, 0.15) is 11.4 Å². The lowest BCUT2D eigenvalue weighted by molar-refractivity contribution is -0.0933. The largest absolute Gasteiger partial charge is 0.430 e. The number of allylic oxidation sites excluding steroid dienone is 4. The number of alkyl halides is 6. The van der Waals surface area contributed by atoms with Gasteiger partial charge < -0.3 is 11.5 Å². The van der Waals surface area contributed by atoms with Gasteiger partial charge in [-0.25, -0.2) is 20.0 Å². The summed E-state index contributed by atoms with van der Waals surface area (Å²) in [5.41, 5.74) is 7.77. The molecule has 4 N–H and O–H groups in total. The Morgan fingerprint density at radius 2 is 1.11 bits per heavy atom. The summed E-state index contributed by atoms with van der Waals surface area (Å²) in [6, 6.07) is 9.88. The molecule has 6 nitrogen and oxygen atoms in total. The summed E-state index contributed by atoms with van der Waals surface area (Å²) in [5, 5.41) is 0. The highest BCUT2D eigenvalue weighted by molar-refractivity contribution is 5.75. The molecule has 0 spiro atoms. The van der Waals surface area contributed by atoms with Gasteiger partial charge in [-0.15, -0.1) is 0 Å². The predicted molar refractivity (Wildman–Crippen MR) is 123 cm³/mol. The minimum atomic E-state index is -4.66. The average Bonchev–Trinajstić information content (AvgIpc) is 2.79. The summed E-state index contributed by atoms with van der Waals surface area (Å²) in [6.45, 7) is 3.83. The molecule has 0 aliphatic carbocycles. The van der Waals surface area contributed by atoms with Crippen molar-refractivity contribution in [2.24, 2.45) is 21.5 Å².